The molecule has 0 amide bonds. The van der Waals surface area contributed by atoms with E-state index in [-0.39, 0.29) is 0 Å². The fourth-order valence-electron chi connectivity index (χ4n) is 6.12. The Morgan fingerprint density at radius 3 is 2.70 bits per heavy atom. The minimum absolute atomic E-state index is 0.374. The molecule has 23 heavy (non-hydrogen) atoms. The Morgan fingerprint density at radius 2 is 1.74 bits per heavy atom. The van der Waals surface area contributed by atoms with Gasteiger partial charge in [0.25, 0.3) is 0 Å². The first-order chi connectivity index (χ1) is 11.3. The van der Waals surface area contributed by atoms with E-state index < -0.39 is 0 Å². The molecule has 0 bridgehead atoms. The molecule has 0 spiro atoms. The number of allylic oxidation sites excluding steroid dienone is 8. The van der Waals surface area contributed by atoms with Crippen molar-refractivity contribution in [1.29, 1.82) is 0 Å². The summed E-state index contributed by atoms with van der Waals surface area (Å²) < 4.78 is 0. The average molecular weight is 306 g/mol. The lowest BCUT2D eigenvalue weighted by molar-refractivity contribution is -0.112. The minimum Gasteiger partial charge on any atom is -0.290 e. The molecule has 2 saturated carbocycles. The molecule has 0 aromatic carbocycles. The molecule has 0 radical (unpaired) electrons. The average Bonchev–Trinajstić information content (AvgIpc) is 2.61. The van der Waals surface area contributed by atoms with Gasteiger partial charge in [-0.2, -0.15) is 0 Å². The van der Waals surface area contributed by atoms with Gasteiger partial charge in [-0.15, -0.1) is 0 Å². The molecular weight excluding hydrogens is 280 g/mol. The van der Waals surface area contributed by atoms with Crippen LogP contribution in [0.15, 0.2) is 46.6 Å². The van der Waals surface area contributed by atoms with Crippen molar-refractivity contribution in [3.05, 3.63) is 46.6 Å². The van der Waals surface area contributed by atoms with Crippen molar-refractivity contribution < 1.29 is 4.79 Å². The van der Waals surface area contributed by atoms with Gasteiger partial charge in [0.2, 0.25) is 0 Å². The summed E-state index contributed by atoms with van der Waals surface area (Å²) in [6, 6.07) is 0. The summed E-state index contributed by atoms with van der Waals surface area (Å²) in [4.78, 5) is 13.0. The van der Waals surface area contributed by atoms with Crippen LogP contribution in [-0.2, 0) is 4.79 Å². The summed E-state index contributed by atoms with van der Waals surface area (Å²) >= 11 is 0. The smallest absolute Gasteiger partial charge is 0.182 e. The SMILES string of the molecule is O=C1C=C2C3=CC=CCC3CCC2C2CCC3CCCCC3=C12. The lowest BCUT2D eigenvalue weighted by Gasteiger charge is -2.46. The van der Waals surface area contributed by atoms with Crippen molar-refractivity contribution in [2.75, 3.05) is 0 Å². The van der Waals surface area contributed by atoms with Crippen molar-refractivity contribution in [3.63, 3.8) is 0 Å². The Morgan fingerprint density at radius 1 is 0.870 bits per heavy atom. The maximum absolute atomic E-state index is 13.0. The number of carbonyl (C=O) groups excluding carboxylic acids is 1. The largest absolute Gasteiger partial charge is 0.290 e. The quantitative estimate of drug-likeness (QED) is 0.593. The normalized spacial score (nSPS) is 38.9. The van der Waals surface area contributed by atoms with Crippen LogP contribution in [0.2, 0.25) is 0 Å². The van der Waals surface area contributed by atoms with Crippen LogP contribution in [0, 0.1) is 23.7 Å². The highest BCUT2D eigenvalue weighted by molar-refractivity contribution is 6.07. The second-order valence-electron chi connectivity index (χ2n) is 8.20. The molecule has 1 nitrogen and oxygen atoms in total. The Kier molecular flexibility index (Phi) is 3.25. The maximum Gasteiger partial charge on any atom is 0.182 e. The number of hydrogen-bond acceptors (Lipinski definition) is 1. The molecule has 120 valence electrons. The standard InChI is InChI=1S/C22H26O/c23-21-13-20-16-7-3-1-5-14(16)9-11-18(20)19-12-10-15-6-2-4-8-17(15)22(19)21/h1,3,7,13-15,18-19H,2,4-6,8-12H2. The van der Waals surface area contributed by atoms with E-state index in [9.17, 15) is 4.79 Å². The van der Waals surface area contributed by atoms with Crippen LogP contribution in [0.5, 0.6) is 0 Å². The summed E-state index contributed by atoms with van der Waals surface area (Å²) in [5.74, 6) is 2.96. The summed E-state index contributed by atoms with van der Waals surface area (Å²) in [5, 5.41) is 0. The molecule has 0 saturated heterocycles. The predicted molar refractivity (Wildman–Crippen MR) is 92.9 cm³/mol. The van der Waals surface area contributed by atoms with Crippen molar-refractivity contribution in [2.24, 2.45) is 23.7 Å². The van der Waals surface area contributed by atoms with Gasteiger partial charge < -0.3 is 0 Å². The zero-order valence-electron chi connectivity index (χ0n) is 13.9. The van der Waals surface area contributed by atoms with Gasteiger partial charge in [-0.25, -0.2) is 0 Å². The summed E-state index contributed by atoms with van der Waals surface area (Å²) in [7, 11) is 0. The van der Waals surface area contributed by atoms with Crippen LogP contribution in [-0.4, -0.2) is 5.78 Å². The van der Waals surface area contributed by atoms with Crippen LogP contribution < -0.4 is 0 Å². The number of fused-ring (bicyclic) bond motifs is 6. The summed E-state index contributed by atoms with van der Waals surface area (Å²) in [6.07, 6.45) is 20.4. The first kappa shape index (κ1) is 14.0. The first-order valence-corrected chi connectivity index (χ1v) is 9.69. The van der Waals surface area contributed by atoms with E-state index in [0.717, 1.165) is 5.92 Å². The molecule has 5 aliphatic carbocycles. The lowest BCUT2D eigenvalue weighted by atomic mass is 9.58. The Labute approximate surface area is 139 Å². The van der Waals surface area contributed by atoms with Crippen LogP contribution in [0.1, 0.15) is 57.8 Å². The van der Waals surface area contributed by atoms with Gasteiger partial charge in [0.05, 0.1) is 0 Å². The van der Waals surface area contributed by atoms with Crippen LogP contribution >= 0.6 is 0 Å². The van der Waals surface area contributed by atoms with Gasteiger partial charge in [0, 0.05) is 5.57 Å². The number of ketones is 1. The number of rotatable bonds is 0. The van der Waals surface area contributed by atoms with Gasteiger partial charge in [0.1, 0.15) is 0 Å². The Balaban J connectivity index is 1.61. The second kappa shape index (κ2) is 5.33. The highest BCUT2D eigenvalue weighted by atomic mass is 16.1. The third-order valence-electron chi connectivity index (χ3n) is 7.15. The van der Waals surface area contributed by atoms with E-state index in [0.29, 0.717) is 23.5 Å². The van der Waals surface area contributed by atoms with Crippen LogP contribution in [0.25, 0.3) is 0 Å². The fourth-order valence-corrected chi connectivity index (χ4v) is 6.12. The highest BCUT2D eigenvalue weighted by Crippen LogP contribution is 2.54. The van der Waals surface area contributed by atoms with E-state index in [1.165, 1.54) is 74.5 Å². The molecule has 4 atom stereocenters. The lowest BCUT2D eigenvalue weighted by Crippen LogP contribution is -2.37. The zero-order chi connectivity index (χ0) is 15.4. The molecule has 1 heteroatoms. The van der Waals surface area contributed by atoms with Gasteiger partial charge in [-0.05, 0) is 92.3 Å². The molecular formula is C22H26O. The Hall–Kier alpha value is -1.37. The topological polar surface area (TPSA) is 17.1 Å². The number of carbonyl (C=O) groups is 1. The van der Waals surface area contributed by atoms with Crippen molar-refractivity contribution in [2.45, 2.75) is 57.8 Å². The van der Waals surface area contributed by atoms with E-state index >= 15 is 0 Å². The van der Waals surface area contributed by atoms with Crippen LogP contribution in [0.4, 0.5) is 0 Å². The van der Waals surface area contributed by atoms with E-state index in [1.807, 2.05) is 0 Å². The van der Waals surface area contributed by atoms with Crippen molar-refractivity contribution in [1.82, 2.24) is 0 Å². The zero-order valence-corrected chi connectivity index (χ0v) is 13.9. The molecule has 0 N–H and O–H groups in total. The number of hydrogen-bond donors (Lipinski definition) is 0. The second-order valence-corrected chi connectivity index (χ2v) is 8.20. The monoisotopic (exact) mass is 306 g/mol. The van der Waals surface area contributed by atoms with Gasteiger partial charge >= 0.3 is 0 Å². The highest BCUT2D eigenvalue weighted by Gasteiger charge is 2.44. The molecule has 2 fully saturated rings. The van der Waals surface area contributed by atoms with E-state index in [4.69, 9.17) is 0 Å². The van der Waals surface area contributed by atoms with Crippen LogP contribution in [0.3, 0.4) is 0 Å². The van der Waals surface area contributed by atoms with E-state index in [2.05, 4.69) is 24.3 Å². The molecule has 0 aromatic heterocycles. The van der Waals surface area contributed by atoms with Gasteiger partial charge in [-0.1, -0.05) is 30.2 Å². The molecule has 0 aliphatic heterocycles. The maximum atomic E-state index is 13.0. The molecule has 5 aliphatic rings. The molecule has 4 unspecified atom stereocenters. The van der Waals surface area contributed by atoms with Gasteiger partial charge in [-0.3, -0.25) is 4.79 Å². The first-order valence-electron chi connectivity index (χ1n) is 9.69. The minimum atomic E-state index is 0.374. The third kappa shape index (κ3) is 2.08. The third-order valence-corrected chi connectivity index (χ3v) is 7.15. The summed E-state index contributed by atoms with van der Waals surface area (Å²) in [5.41, 5.74) is 5.76. The van der Waals surface area contributed by atoms with E-state index in [1.54, 1.807) is 5.57 Å². The fraction of sp³-hybridized carbons (Fsp3) is 0.591. The summed E-state index contributed by atoms with van der Waals surface area (Å²) in [6.45, 7) is 0. The molecule has 0 aromatic rings. The predicted octanol–water partition coefficient (Wildman–Crippen LogP) is 5.30. The van der Waals surface area contributed by atoms with Crippen molar-refractivity contribution >= 4 is 5.78 Å². The molecule has 0 heterocycles. The molecule has 5 rings (SSSR count). The Bertz CT molecular complexity index is 672. The van der Waals surface area contributed by atoms with Gasteiger partial charge in [0.15, 0.2) is 5.78 Å². The van der Waals surface area contributed by atoms with Crippen molar-refractivity contribution in [3.8, 4) is 0 Å².